The van der Waals surface area contributed by atoms with Crippen LogP contribution in [0.2, 0.25) is 0 Å². The second kappa shape index (κ2) is 14.9. The number of amides is 4. The van der Waals surface area contributed by atoms with Crippen LogP contribution in [0.5, 0.6) is 0 Å². The fourth-order valence-corrected chi connectivity index (χ4v) is 3.55. The molecule has 1 heterocycles. The third-order valence-electron chi connectivity index (χ3n) is 5.05. The van der Waals surface area contributed by atoms with Gasteiger partial charge in [0.15, 0.2) is 0 Å². The molecule has 4 atom stereocenters. The van der Waals surface area contributed by atoms with E-state index in [2.05, 4.69) is 46.5 Å². The number of carbonyl (C=O) groups excluding carboxylic acids is 5. The number of carbonyl (C=O) groups is 5. The van der Waals surface area contributed by atoms with Crippen LogP contribution in [0.1, 0.15) is 40.5 Å². The van der Waals surface area contributed by atoms with Gasteiger partial charge in [-0.2, -0.15) is 25.3 Å². The van der Waals surface area contributed by atoms with Gasteiger partial charge in [-0.1, -0.05) is 33.8 Å². The number of esters is 1. The Labute approximate surface area is 211 Å². The minimum absolute atomic E-state index is 0.0207. The van der Waals surface area contributed by atoms with Crippen molar-refractivity contribution in [2.45, 2.75) is 64.8 Å². The van der Waals surface area contributed by atoms with E-state index in [-0.39, 0.29) is 24.0 Å². The van der Waals surface area contributed by atoms with Gasteiger partial charge >= 0.3 is 5.97 Å². The highest BCUT2D eigenvalue weighted by molar-refractivity contribution is 7.80. The highest BCUT2D eigenvalue weighted by Crippen LogP contribution is 2.09. The molecule has 0 aromatic rings. The molecule has 12 heteroatoms. The summed E-state index contributed by atoms with van der Waals surface area (Å²) in [4.78, 5) is 63.4. The van der Waals surface area contributed by atoms with E-state index in [1.807, 2.05) is 0 Å². The zero-order valence-corrected chi connectivity index (χ0v) is 21.8. The van der Waals surface area contributed by atoms with Gasteiger partial charge in [-0.3, -0.25) is 24.0 Å². The second-order valence-electron chi connectivity index (χ2n) is 8.65. The lowest BCUT2D eigenvalue weighted by molar-refractivity contribution is -0.148. The SMILES string of the molecule is CC(C)[C@H]1NC(=O)C[C@@H](C=CCCS)OC(=O)CNC(=O)[C@@H](C(C)C)NC(=O)[C@@H](CS)NC1=O. The molecule has 0 aliphatic carbocycles. The predicted octanol–water partition coefficient (Wildman–Crippen LogP) is -0.00960. The molecular weight excluding hydrogens is 480 g/mol. The van der Waals surface area contributed by atoms with Crippen molar-refractivity contribution in [1.29, 1.82) is 0 Å². The van der Waals surface area contributed by atoms with Gasteiger partial charge in [0.1, 0.15) is 30.8 Å². The molecule has 0 bridgehead atoms. The normalized spacial score (nSPS) is 26.2. The van der Waals surface area contributed by atoms with Crippen molar-refractivity contribution in [2.24, 2.45) is 11.8 Å². The molecule has 1 fully saturated rings. The van der Waals surface area contributed by atoms with E-state index < -0.39 is 60.4 Å². The highest BCUT2D eigenvalue weighted by atomic mass is 32.1. The van der Waals surface area contributed by atoms with E-state index >= 15 is 0 Å². The topological polar surface area (TPSA) is 143 Å². The Bertz CT molecular complexity index is 774. The van der Waals surface area contributed by atoms with Gasteiger partial charge in [0.05, 0.1) is 6.42 Å². The number of cyclic esters (lactones) is 1. The minimum Gasteiger partial charge on any atom is -0.456 e. The molecule has 0 saturated carbocycles. The first-order valence-electron chi connectivity index (χ1n) is 11.3. The maximum Gasteiger partial charge on any atom is 0.326 e. The molecule has 0 spiro atoms. The van der Waals surface area contributed by atoms with Crippen molar-refractivity contribution in [1.82, 2.24) is 21.3 Å². The van der Waals surface area contributed by atoms with Crippen LogP contribution in [0.3, 0.4) is 0 Å². The fraction of sp³-hybridized carbons (Fsp3) is 0.682. The van der Waals surface area contributed by atoms with Gasteiger partial charge in [-0.15, -0.1) is 0 Å². The Kier molecular flexibility index (Phi) is 13.1. The zero-order chi connectivity index (χ0) is 25.8. The van der Waals surface area contributed by atoms with Crippen LogP contribution in [0.4, 0.5) is 0 Å². The number of rotatable bonds is 6. The van der Waals surface area contributed by atoms with Gasteiger partial charge in [0.2, 0.25) is 23.6 Å². The Hall–Kier alpha value is -2.21. The molecule has 4 amide bonds. The first-order chi connectivity index (χ1) is 16.0. The molecule has 10 nitrogen and oxygen atoms in total. The standard InChI is InChI=1S/C22H36N4O6S2/c1-12(2)18-21(30)23-10-17(28)32-14(7-5-6-8-33)9-16(27)25-19(13(3)4)22(31)24-15(11-34)20(29)26-18/h5,7,12-15,18-19,33-34H,6,8-11H2,1-4H3,(H,23,30)(H,24,31)(H,25,27)(H,26,29)/t14-,15-,18-,19-/m1/s1. The molecule has 1 rings (SSSR count). The summed E-state index contributed by atoms with van der Waals surface area (Å²) >= 11 is 8.28. The quantitative estimate of drug-likeness (QED) is 0.167. The van der Waals surface area contributed by atoms with Crippen molar-refractivity contribution in [3.63, 3.8) is 0 Å². The molecule has 0 radical (unpaired) electrons. The highest BCUT2D eigenvalue weighted by Gasteiger charge is 2.32. The Balaban J connectivity index is 3.25. The molecule has 0 unspecified atom stereocenters. The van der Waals surface area contributed by atoms with Crippen molar-refractivity contribution in [3.05, 3.63) is 12.2 Å². The largest absolute Gasteiger partial charge is 0.456 e. The maximum atomic E-state index is 12.9. The summed E-state index contributed by atoms with van der Waals surface area (Å²) in [6, 6.07) is -2.91. The van der Waals surface area contributed by atoms with Crippen LogP contribution < -0.4 is 21.3 Å². The molecule has 192 valence electrons. The average Bonchev–Trinajstić information content (AvgIpc) is 2.76. The molecule has 1 saturated heterocycles. The summed E-state index contributed by atoms with van der Waals surface area (Å²) in [5.74, 6) is -3.02. The number of allylic oxidation sites excluding steroid dienone is 1. The number of hydrogen-bond donors (Lipinski definition) is 6. The Morgan fingerprint density at radius 1 is 0.912 bits per heavy atom. The smallest absolute Gasteiger partial charge is 0.326 e. The molecule has 1 aliphatic heterocycles. The summed E-state index contributed by atoms with van der Waals surface area (Å²) in [6.07, 6.45) is 2.82. The molecule has 34 heavy (non-hydrogen) atoms. The summed E-state index contributed by atoms with van der Waals surface area (Å²) in [6.45, 7) is 6.55. The molecule has 4 N–H and O–H groups in total. The van der Waals surface area contributed by atoms with E-state index in [4.69, 9.17) is 4.74 Å². The van der Waals surface area contributed by atoms with Crippen LogP contribution in [0.25, 0.3) is 0 Å². The first-order valence-corrected chi connectivity index (χ1v) is 12.5. The van der Waals surface area contributed by atoms with Crippen LogP contribution in [0, 0.1) is 11.8 Å². The number of nitrogens with one attached hydrogen (secondary N) is 4. The Morgan fingerprint density at radius 3 is 2.09 bits per heavy atom. The first kappa shape index (κ1) is 29.8. The van der Waals surface area contributed by atoms with E-state index in [1.54, 1.807) is 39.8 Å². The van der Waals surface area contributed by atoms with Gasteiger partial charge in [-0.05, 0) is 30.1 Å². The summed E-state index contributed by atoms with van der Waals surface area (Å²) in [7, 11) is 0. The van der Waals surface area contributed by atoms with E-state index in [9.17, 15) is 24.0 Å². The monoisotopic (exact) mass is 516 g/mol. The summed E-state index contributed by atoms with van der Waals surface area (Å²) < 4.78 is 5.37. The molecule has 0 aromatic carbocycles. The lowest BCUT2D eigenvalue weighted by Crippen LogP contribution is -2.59. The van der Waals surface area contributed by atoms with Gasteiger partial charge in [0.25, 0.3) is 0 Å². The maximum absolute atomic E-state index is 12.9. The van der Waals surface area contributed by atoms with Gasteiger partial charge < -0.3 is 26.0 Å². The van der Waals surface area contributed by atoms with E-state index in [0.717, 1.165) is 0 Å². The number of hydrogen-bond acceptors (Lipinski definition) is 8. The van der Waals surface area contributed by atoms with Crippen LogP contribution >= 0.6 is 25.3 Å². The minimum atomic E-state index is -1.03. The number of ether oxygens (including phenoxy) is 1. The lowest BCUT2D eigenvalue weighted by Gasteiger charge is -2.28. The molecule has 1 aliphatic rings. The second-order valence-corrected chi connectivity index (χ2v) is 9.47. The van der Waals surface area contributed by atoms with Gasteiger partial charge in [0, 0.05) is 5.75 Å². The van der Waals surface area contributed by atoms with Crippen molar-refractivity contribution in [2.75, 3.05) is 18.1 Å². The summed E-state index contributed by atoms with van der Waals surface area (Å²) in [5, 5.41) is 10.3. The zero-order valence-electron chi connectivity index (χ0n) is 20.0. The predicted molar refractivity (Wildman–Crippen MR) is 134 cm³/mol. The third-order valence-corrected chi connectivity index (χ3v) is 5.67. The third kappa shape index (κ3) is 9.96. The van der Waals surface area contributed by atoms with E-state index in [0.29, 0.717) is 12.2 Å². The average molecular weight is 517 g/mol. The summed E-state index contributed by atoms with van der Waals surface area (Å²) in [5.41, 5.74) is 0. The van der Waals surface area contributed by atoms with Crippen LogP contribution in [-0.2, 0) is 28.7 Å². The van der Waals surface area contributed by atoms with E-state index in [1.165, 1.54) is 0 Å². The fourth-order valence-electron chi connectivity index (χ4n) is 3.15. The van der Waals surface area contributed by atoms with Crippen LogP contribution in [-0.4, -0.2) is 71.9 Å². The van der Waals surface area contributed by atoms with Crippen molar-refractivity contribution < 1.29 is 28.7 Å². The lowest BCUT2D eigenvalue weighted by atomic mass is 10.0. The van der Waals surface area contributed by atoms with Crippen LogP contribution in [0.15, 0.2) is 12.2 Å². The van der Waals surface area contributed by atoms with Gasteiger partial charge in [-0.25, -0.2) is 0 Å². The van der Waals surface area contributed by atoms with Crippen molar-refractivity contribution >= 4 is 54.9 Å². The number of thiol groups is 2. The molecular formula is C22H36N4O6S2. The van der Waals surface area contributed by atoms with Crippen molar-refractivity contribution in [3.8, 4) is 0 Å². The molecule has 0 aromatic heterocycles. The Morgan fingerprint density at radius 2 is 1.53 bits per heavy atom.